The molecule has 0 aliphatic carbocycles. The van der Waals surface area contributed by atoms with Crippen LogP contribution in [0.2, 0.25) is 0 Å². The molecule has 2 aliphatic rings. The molecule has 2 fully saturated rings. The van der Waals surface area contributed by atoms with Gasteiger partial charge in [0.1, 0.15) is 12.8 Å². The Hall–Kier alpha value is -1.47. The molecule has 3 rings (SSSR count). The summed E-state index contributed by atoms with van der Waals surface area (Å²) in [5, 5.41) is 12.5. The van der Waals surface area contributed by atoms with E-state index in [1.54, 1.807) is 5.06 Å². The molecule has 1 aromatic rings. The highest BCUT2D eigenvalue weighted by Crippen LogP contribution is 2.26. The first-order valence-electron chi connectivity index (χ1n) is 6.80. The highest BCUT2D eigenvalue weighted by atomic mass is 16.8. The van der Waals surface area contributed by atoms with Crippen molar-refractivity contribution in [1.29, 1.82) is 0 Å². The summed E-state index contributed by atoms with van der Waals surface area (Å²) in [4.78, 5) is 22.3. The van der Waals surface area contributed by atoms with E-state index in [4.69, 9.17) is 14.8 Å². The van der Waals surface area contributed by atoms with Gasteiger partial charge in [-0.1, -0.05) is 30.3 Å². The molecule has 6 nitrogen and oxygen atoms in total. The van der Waals surface area contributed by atoms with Crippen LogP contribution in [0.5, 0.6) is 0 Å². The summed E-state index contributed by atoms with van der Waals surface area (Å²) >= 11 is 0. The van der Waals surface area contributed by atoms with Gasteiger partial charge in [0.15, 0.2) is 0 Å². The highest BCUT2D eigenvalue weighted by Gasteiger charge is 2.40. The van der Waals surface area contributed by atoms with Crippen LogP contribution in [0, 0.1) is 0 Å². The third-order valence-corrected chi connectivity index (χ3v) is 3.79. The van der Waals surface area contributed by atoms with E-state index in [2.05, 4.69) is 0 Å². The lowest BCUT2D eigenvalue weighted by molar-refractivity contribution is -0.355. The first-order valence-corrected chi connectivity index (χ1v) is 6.80. The van der Waals surface area contributed by atoms with Gasteiger partial charge in [-0.25, -0.2) is 0 Å². The molecule has 1 aromatic carbocycles. The van der Waals surface area contributed by atoms with Crippen molar-refractivity contribution < 1.29 is 19.6 Å². The van der Waals surface area contributed by atoms with Gasteiger partial charge in [-0.15, -0.1) is 0 Å². The third-order valence-electron chi connectivity index (χ3n) is 3.79. The largest absolute Gasteiger partial charge is 0.480 e. The van der Waals surface area contributed by atoms with E-state index >= 15 is 0 Å². The molecule has 0 amide bonds. The zero-order chi connectivity index (χ0) is 13.9. The molecule has 0 aromatic heterocycles. The van der Waals surface area contributed by atoms with Crippen LogP contribution in [0.1, 0.15) is 18.4 Å². The number of carboxylic acid groups (broad SMARTS) is 1. The van der Waals surface area contributed by atoms with Crippen molar-refractivity contribution >= 4 is 5.97 Å². The minimum Gasteiger partial charge on any atom is -0.480 e. The summed E-state index contributed by atoms with van der Waals surface area (Å²) in [5.74, 6) is -0.817. The molecule has 1 N–H and O–H groups in total. The number of aliphatic carboxylic acids is 1. The summed E-state index contributed by atoms with van der Waals surface area (Å²) in [7, 11) is 0. The summed E-state index contributed by atoms with van der Waals surface area (Å²) in [5.41, 5.74) is 1.11. The number of hydroxylamine groups is 4. The van der Waals surface area contributed by atoms with Gasteiger partial charge in [-0.2, -0.15) is 10.1 Å². The van der Waals surface area contributed by atoms with Gasteiger partial charge in [-0.3, -0.25) is 14.5 Å². The molecule has 0 radical (unpaired) electrons. The number of fused-ring (bicyclic) bond motifs is 2. The molecule has 2 unspecified atom stereocenters. The Morgan fingerprint density at radius 2 is 2.15 bits per heavy atom. The van der Waals surface area contributed by atoms with E-state index in [1.807, 2.05) is 35.4 Å². The minimum absolute atomic E-state index is 0.197. The maximum Gasteiger partial charge on any atom is 0.323 e. The predicted molar refractivity (Wildman–Crippen MR) is 70.2 cm³/mol. The Balaban J connectivity index is 1.55. The van der Waals surface area contributed by atoms with Crippen molar-refractivity contribution in [3.8, 4) is 0 Å². The first-order chi connectivity index (χ1) is 9.74. The van der Waals surface area contributed by atoms with Crippen LogP contribution >= 0.6 is 0 Å². The van der Waals surface area contributed by atoms with Crippen LogP contribution in [-0.4, -0.2) is 46.6 Å². The second kappa shape index (κ2) is 5.88. The van der Waals surface area contributed by atoms with Crippen molar-refractivity contribution in [1.82, 2.24) is 10.1 Å². The van der Waals surface area contributed by atoms with Crippen molar-refractivity contribution in [3.05, 3.63) is 35.9 Å². The van der Waals surface area contributed by atoms with Gasteiger partial charge < -0.3 is 5.11 Å². The molecule has 6 heteroatoms. The zero-order valence-electron chi connectivity index (χ0n) is 11.1. The van der Waals surface area contributed by atoms with E-state index in [1.165, 1.54) is 0 Å². The molecule has 2 saturated heterocycles. The smallest absolute Gasteiger partial charge is 0.323 e. The van der Waals surface area contributed by atoms with Crippen molar-refractivity contribution in [2.24, 2.45) is 0 Å². The molecule has 108 valence electrons. The Labute approximate surface area is 117 Å². The average molecular weight is 278 g/mol. The van der Waals surface area contributed by atoms with Gasteiger partial charge >= 0.3 is 5.97 Å². The maximum atomic E-state index is 11.1. The number of hydrogen-bond acceptors (Lipinski definition) is 5. The summed E-state index contributed by atoms with van der Waals surface area (Å²) < 4.78 is 0. The van der Waals surface area contributed by atoms with E-state index in [0.717, 1.165) is 12.0 Å². The molecular formula is C14H18N2O4. The quantitative estimate of drug-likeness (QED) is 0.894. The number of nitrogens with zero attached hydrogens (tertiary/aromatic N) is 2. The van der Waals surface area contributed by atoms with Crippen LogP contribution in [0.4, 0.5) is 0 Å². The first kappa shape index (κ1) is 13.5. The second-order valence-corrected chi connectivity index (χ2v) is 5.12. The van der Waals surface area contributed by atoms with Gasteiger partial charge in [-0.05, 0) is 18.4 Å². The van der Waals surface area contributed by atoms with Gasteiger partial charge in [0.25, 0.3) is 0 Å². The topological polar surface area (TPSA) is 62.2 Å². The molecule has 2 bridgehead atoms. The summed E-state index contributed by atoms with van der Waals surface area (Å²) in [6.45, 7) is 1.36. The molecule has 0 saturated carbocycles. The Morgan fingerprint density at radius 1 is 1.35 bits per heavy atom. The molecule has 20 heavy (non-hydrogen) atoms. The third kappa shape index (κ3) is 2.83. The van der Waals surface area contributed by atoms with Crippen LogP contribution in [0.3, 0.4) is 0 Å². The van der Waals surface area contributed by atoms with Crippen LogP contribution in [0.15, 0.2) is 30.3 Å². The number of carboxylic acids is 1. The van der Waals surface area contributed by atoms with Crippen LogP contribution < -0.4 is 0 Å². The maximum absolute atomic E-state index is 11.1. The van der Waals surface area contributed by atoms with E-state index in [-0.39, 0.29) is 12.8 Å². The number of piperidine rings is 1. The predicted octanol–water partition coefficient (Wildman–Crippen LogP) is 1.24. The monoisotopic (exact) mass is 278 g/mol. The van der Waals surface area contributed by atoms with E-state index < -0.39 is 12.0 Å². The fraction of sp³-hybridized carbons (Fsp3) is 0.500. The molecule has 3 atom stereocenters. The lowest BCUT2D eigenvalue weighted by Crippen LogP contribution is -2.59. The fourth-order valence-corrected chi connectivity index (χ4v) is 2.66. The van der Waals surface area contributed by atoms with Crippen molar-refractivity contribution in [2.45, 2.75) is 31.5 Å². The normalized spacial score (nSPS) is 30.1. The fourth-order valence-electron chi connectivity index (χ4n) is 2.66. The zero-order valence-corrected chi connectivity index (χ0v) is 11.1. The lowest BCUT2D eigenvalue weighted by Gasteiger charge is -2.45. The van der Waals surface area contributed by atoms with E-state index in [9.17, 15) is 4.79 Å². The van der Waals surface area contributed by atoms with Crippen LogP contribution in [0.25, 0.3) is 0 Å². The van der Waals surface area contributed by atoms with Crippen molar-refractivity contribution in [2.75, 3.05) is 13.3 Å². The number of hydrogen-bond donors (Lipinski definition) is 1. The second-order valence-electron chi connectivity index (χ2n) is 5.12. The Bertz CT molecular complexity index is 468. The number of carbonyl (C=O) groups is 1. The summed E-state index contributed by atoms with van der Waals surface area (Å²) in [6.07, 6.45) is 1.40. The lowest BCUT2D eigenvalue weighted by atomic mass is 10.00. The highest BCUT2D eigenvalue weighted by molar-refractivity contribution is 5.73. The molecule has 0 spiro atoms. The number of benzene rings is 1. The SMILES string of the molecule is O=C(O)[C@@H]1CCC2CN1OCN2OCc1ccccc1. The molecule has 2 heterocycles. The molecular weight excluding hydrogens is 260 g/mol. The number of rotatable bonds is 4. The average Bonchev–Trinajstić information content (AvgIpc) is 2.47. The van der Waals surface area contributed by atoms with E-state index in [0.29, 0.717) is 19.6 Å². The Morgan fingerprint density at radius 3 is 2.90 bits per heavy atom. The Kier molecular flexibility index (Phi) is 3.98. The van der Waals surface area contributed by atoms with Gasteiger partial charge in [0.2, 0.25) is 0 Å². The summed E-state index contributed by atoms with van der Waals surface area (Å²) in [6, 6.07) is 9.62. The minimum atomic E-state index is -0.817. The molecule has 2 aliphatic heterocycles. The van der Waals surface area contributed by atoms with Gasteiger partial charge in [0, 0.05) is 6.54 Å². The van der Waals surface area contributed by atoms with Crippen LogP contribution in [-0.2, 0) is 21.1 Å². The van der Waals surface area contributed by atoms with Crippen molar-refractivity contribution in [3.63, 3.8) is 0 Å². The standard InChI is InChI=1S/C14H18N2O4/c17-14(18)13-7-6-12-8-15(13)20-10-16(12)19-9-11-4-2-1-3-5-11/h1-5,12-13H,6-10H2,(H,17,18)/t12?,13-/m0/s1. The van der Waals surface area contributed by atoms with Gasteiger partial charge in [0.05, 0.1) is 12.6 Å².